The van der Waals surface area contributed by atoms with Crippen molar-refractivity contribution in [2.24, 2.45) is 10.3 Å². The van der Waals surface area contributed by atoms with Crippen LogP contribution in [0, 0.1) is 3.57 Å². The molecule has 0 spiro atoms. The van der Waals surface area contributed by atoms with Gasteiger partial charge in [-0.05, 0) is 46.9 Å². The fraction of sp³-hybridized carbons (Fsp3) is 0.125. The molecule has 2 aliphatic rings. The summed E-state index contributed by atoms with van der Waals surface area (Å²) in [6.07, 6.45) is 0. The molecule has 2 aliphatic heterocycles. The molecule has 114 valence electrons. The fourth-order valence-corrected chi connectivity index (χ4v) is 3.45. The zero-order chi connectivity index (χ0) is 16.0. The van der Waals surface area contributed by atoms with Crippen molar-refractivity contribution in [2.45, 2.75) is 12.1 Å². The van der Waals surface area contributed by atoms with Gasteiger partial charge in [0.05, 0.1) is 11.4 Å². The van der Waals surface area contributed by atoms with Crippen LogP contribution >= 0.6 is 22.6 Å². The molecular formula is C16H11IN4O2. The van der Waals surface area contributed by atoms with Gasteiger partial charge in [-0.15, -0.1) is 0 Å². The number of carbonyl (C=O) groups excluding carboxylic acids is 2. The van der Waals surface area contributed by atoms with Gasteiger partial charge in [-0.1, -0.05) is 35.6 Å². The molecule has 2 heterocycles. The molecule has 0 aromatic heterocycles. The number of hydrogen-bond donors (Lipinski definition) is 0. The van der Waals surface area contributed by atoms with Gasteiger partial charge in [-0.2, -0.15) is 5.11 Å². The number of amides is 2. The minimum Gasteiger partial charge on any atom is -0.271 e. The zero-order valence-corrected chi connectivity index (χ0v) is 14.0. The summed E-state index contributed by atoms with van der Waals surface area (Å²) in [6, 6.07) is 15.1. The largest absolute Gasteiger partial charge is 0.271 e. The maximum Gasteiger partial charge on any atom is 0.263 e. The zero-order valence-electron chi connectivity index (χ0n) is 11.8. The molecule has 4 rings (SSSR count). The van der Waals surface area contributed by atoms with E-state index in [9.17, 15) is 9.59 Å². The van der Waals surface area contributed by atoms with Crippen LogP contribution in [-0.4, -0.2) is 23.9 Å². The summed E-state index contributed by atoms with van der Waals surface area (Å²) in [6.45, 7) is 0. The van der Waals surface area contributed by atoms with Gasteiger partial charge in [0.15, 0.2) is 12.1 Å². The number of benzene rings is 2. The number of rotatable bonds is 2. The van der Waals surface area contributed by atoms with E-state index < -0.39 is 12.1 Å². The van der Waals surface area contributed by atoms with Crippen molar-refractivity contribution >= 4 is 45.8 Å². The summed E-state index contributed by atoms with van der Waals surface area (Å²) in [7, 11) is 0. The minimum absolute atomic E-state index is 0.294. The summed E-state index contributed by atoms with van der Waals surface area (Å²) >= 11 is 2.12. The Morgan fingerprint density at radius 3 is 2.35 bits per heavy atom. The van der Waals surface area contributed by atoms with E-state index in [0.717, 1.165) is 9.26 Å². The molecule has 0 saturated carbocycles. The third kappa shape index (κ3) is 2.14. The Labute approximate surface area is 145 Å². The van der Waals surface area contributed by atoms with Crippen LogP contribution < -0.4 is 9.91 Å². The van der Waals surface area contributed by atoms with Crippen molar-refractivity contribution in [1.29, 1.82) is 0 Å². The normalized spacial score (nSPS) is 22.8. The van der Waals surface area contributed by atoms with Gasteiger partial charge in [-0.3, -0.25) is 9.59 Å². The van der Waals surface area contributed by atoms with E-state index in [1.807, 2.05) is 48.5 Å². The topological polar surface area (TPSA) is 65.3 Å². The van der Waals surface area contributed by atoms with Crippen LogP contribution in [0.2, 0.25) is 0 Å². The van der Waals surface area contributed by atoms with E-state index >= 15 is 0 Å². The molecule has 1 fully saturated rings. The Morgan fingerprint density at radius 1 is 0.913 bits per heavy atom. The standard InChI is InChI=1S/C16H11IN4O2/c17-11-8-4-5-9-12(11)20-15(22)13-14(16(20)23)21(19-18-13)10-6-2-1-3-7-10/h1-9,13-14H/t13-,14-/m1/s1. The molecule has 7 heteroatoms. The first-order chi connectivity index (χ1) is 11.2. The third-order valence-electron chi connectivity index (χ3n) is 3.90. The molecule has 0 bridgehead atoms. The second-order valence-corrected chi connectivity index (χ2v) is 6.40. The van der Waals surface area contributed by atoms with Crippen LogP contribution in [0.3, 0.4) is 0 Å². The first-order valence-electron chi connectivity index (χ1n) is 7.06. The van der Waals surface area contributed by atoms with Gasteiger partial charge in [0.2, 0.25) is 0 Å². The van der Waals surface area contributed by atoms with Crippen molar-refractivity contribution in [3.05, 3.63) is 58.2 Å². The van der Waals surface area contributed by atoms with E-state index in [1.165, 1.54) is 9.91 Å². The van der Waals surface area contributed by atoms with E-state index in [-0.39, 0.29) is 11.8 Å². The highest BCUT2D eigenvalue weighted by Gasteiger charge is 2.55. The first-order valence-corrected chi connectivity index (χ1v) is 8.14. The number of imide groups is 1. The van der Waals surface area contributed by atoms with Gasteiger partial charge in [-0.25, -0.2) is 9.91 Å². The molecular weight excluding hydrogens is 407 g/mol. The molecule has 2 aromatic rings. The molecule has 0 N–H and O–H groups in total. The second-order valence-electron chi connectivity index (χ2n) is 5.24. The quantitative estimate of drug-likeness (QED) is 0.557. The Bertz CT molecular complexity index is 824. The van der Waals surface area contributed by atoms with E-state index in [0.29, 0.717) is 5.69 Å². The Kier molecular flexibility index (Phi) is 3.37. The lowest BCUT2D eigenvalue weighted by Crippen LogP contribution is -2.40. The predicted molar refractivity (Wildman–Crippen MR) is 93.0 cm³/mol. The summed E-state index contributed by atoms with van der Waals surface area (Å²) < 4.78 is 0.843. The van der Waals surface area contributed by atoms with Crippen LogP contribution in [-0.2, 0) is 9.59 Å². The van der Waals surface area contributed by atoms with E-state index in [1.54, 1.807) is 6.07 Å². The summed E-state index contributed by atoms with van der Waals surface area (Å²) in [5, 5.41) is 9.59. The molecule has 2 amide bonds. The molecule has 0 radical (unpaired) electrons. The van der Waals surface area contributed by atoms with Gasteiger partial charge in [0, 0.05) is 3.57 Å². The average Bonchev–Trinajstić information content (AvgIpc) is 3.11. The lowest BCUT2D eigenvalue weighted by Gasteiger charge is -2.21. The van der Waals surface area contributed by atoms with Gasteiger partial charge < -0.3 is 0 Å². The smallest absolute Gasteiger partial charge is 0.263 e. The maximum absolute atomic E-state index is 12.9. The molecule has 1 saturated heterocycles. The predicted octanol–water partition coefficient (Wildman–Crippen LogP) is 2.79. The number of anilines is 2. The van der Waals surface area contributed by atoms with E-state index in [2.05, 4.69) is 32.9 Å². The molecule has 0 aliphatic carbocycles. The third-order valence-corrected chi connectivity index (χ3v) is 4.81. The van der Waals surface area contributed by atoms with Crippen molar-refractivity contribution in [3.8, 4) is 0 Å². The number of para-hydroxylation sites is 2. The first kappa shape index (κ1) is 14.3. The van der Waals surface area contributed by atoms with Crippen LogP contribution in [0.25, 0.3) is 0 Å². The van der Waals surface area contributed by atoms with Gasteiger partial charge in [0.1, 0.15) is 0 Å². The number of nitrogens with zero attached hydrogens (tertiary/aromatic N) is 4. The Hall–Kier alpha value is -2.29. The fourth-order valence-electron chi connectivity index (χ4n) is 2.82. The molecule has 0 unspecified atom stereocenters. The van der Waals surface area contributed by atoms with Crippen LogP contribution in [0.1, 0.15) is 0 Å². The Balaban J connectivity index is 1.74. The lowest BCUT2D eigenvalue weighted by molar-refractivity contribution is -0.121. The summed E-state index contributed by atoms with van der Waals surface area (Å²) in [5.41, 5.74) is 1.34. The summed E-state index contributed by atoms with van der Waals surface area (Å²) in [5.74, 6) is -0.621. The average molecular weight is 418 g/mol. The number of halogens is 1. The van der Waals surface area contributed by atoms with Crippen molar-refractivity contribution in [2.75, 3.05) is 9.91 Å². The van der Waals surface area contributed by atoms with E-state index in [4.69, 9.17) is 0 Å². The van der Waals surface area contributed by atoms with Crippen molar-refractivity contribution in [3.63, 3.8) is 0 Å². The molecule has 2 aromatic carbocycles. The molecule has 23 heavy (non-hydrogen) atoms. The van der Waals surface area contributed by atoms with Crippen LogP contribution in [0.15, 0.2) is 64.9 Å². The number of fused-ring (bicyclic) bond motifs is 1. The summed E-state index contributed by atoms with van der Waals surface area (Å²) in [4.78, 5) is 26.7. The number of carbonyl (C=O) groups is 2. The van der Waals surface area contributed by atoms with Gasteiger partial charge >= 0.3 is 0 Å². The van der Waals surface area contributed by atoms with Gasteiger partial charge in [0.25, 0.3) is 11.8 Å². The molecule has 2 atom stereocenters. The minimum atomic E-state index is -0.779. The molecule has 6 nitrogen and oxygen atoms in total. The highest BCUT2D eigenvalue weighted by Crippen LogP contribution is 2.36. The van der Waals surface area contributed by atoms with Crippen LogP contribution in [0.5, 0.6) is 0 Å². The number of hydrogen-bond acceptors (Lipinski definition) is 5. The highest BCUT2D eigenvalue weighted by molar-refractivity contribution is 14.1. The Morgan fingerprint density at radius 2 is 1.61 bits per heavy atom. The second kappa shape index (κ2) is 5.41. The monoisotopic (exact) mass is 418 g/mol. The van der Waals surface area contributed by atoms with Crippen LogP contribution in [0.4, 0.5) is 11.4 Å². The highest BCUT2D eigenvalue weighted by atomic mass is 127. The lowest BCUT2D eigenvalue weighted by atomic mass is 10.1. The maximum atomic E-state index is 12.9. The SMILES string of the molecule is O=C1[C@@H]2N=NN(c3ccccc3)[C@H]2C(=O)N1c1ccccc1I. The van der Waals surface area contributed by atoms with Crippen molar-refractivity contribution < 1.29 is 9.59 Å². The van der Waals surface area contributed by atoms with Crippen molar-refractivity contribution in [1.82, 2.24) is 0 Å².